The molecule has 2 heterocycles. The molecule has 0 aromatic heterocycles. The fourth-order valence-corrected chi connectivity index (χ4v) is 3.70. The minimum absolute atomic E-state index is 0.133. The third-order valence-electron chi connectivity index (χ3n) is 5.00. The van der Waals surface area contributed by atoms with Crippen LogP contribution in [0.2, 0.25) is 0 Å². The maximum absolute atomic E-state index is 12.1. The van der Waals surface area contributed by atoms with Crippen LogP contribution in [0.4, 0.5) is 10.5 Å². The van der Waals surface area contributed by atoms with Crippen LogP contribution in [0.5, 0.6) is 11.5 Å². The van der Waals surface area contributed by atoms with E-state index in [1.165, 1.54) is 6.42 Å². The van der Waals surface area contributed by atoms with Gasteiger partial charge < -0.3 is 25.4 Å². The molecule has 1 saturated heterocycles. The number of nitrogens with one attached hydrogen (secondary N) is 3. The standard InChI is InChI=1S/C18H23N3O4/c22-16-13(5-4-10-19-16)21-17(23)20-12-6-7-14-15(11-12)25-18(24-14)8-2-1-3-9-18/h6-7,11,13H,1-5,8-10H2,(H,19,22)(H2,20,21,23). The lowest BCUT2D eigenvalue weighted by Gasteiger charge is -2.31. The first kappa shape index (κ1) is 16.1. The van der Waals surface area contributed by atoms with E-state index in [9.17, 15) is 9.59 Å². The number of rotatable bonds is 2. The first-order chi connectivity index (χ1) is 12.1. The quantitative estimate of drug-likeness (QED) is 0.768. The monoisotopic (exact) mass is 345 g/mol. The van der Waals surface area contributed by atoms with E-state index in [2.05, 4.69) is 16.0 Å². The van der Waals surface area contributed by atoms with Crippen molar-refractivity contribution in [2.75, 3.05) is 11.9 Å². The lowest BCUT2D eigenvalue weighted by Crippen LogP contribution is -2.51. The smallest absolute Gasteiger partial charge is 0.319 e. The predicted molar refractivity (Wildman–Crippen MR) is 91.7 cm³/mol. The maximum atomic E-state index is 12.1. The van der Waals surface area contributed by atoms with Gasteiger partial charge in [0.05, 0.1) is 0 Å². The molecule has 1 aliphatic carbocycles. The van der Waals surface area contributed by atoms with Crippen molar-refractivity contribution in [1.82, 2.24) is 10.6 Å². The molecule has 7 heteroatoms. The van der Waals surface area contributed by atoms with Crippen LogP contribution in [0, 0.1) is 0 Å². The van der Waals surface area contributed by atoms with Crippen molar-refractivity contribution in [1.29, 1.82) is 0 Å². The molecule has 0 bridgehead atoms. The minimum Gasteiger partial charge on any atom is -0.448 e. The number of carbonyl (C=O) groups is 2. The number of carbonyl (C=O) groups excluding carboxylic acids is 2. The van der Waals surface area contributed by atoms with Gasteiger partial charge in [0.15, 0.2) is 11.5 Å². The first-order valence-corrected chi connectivity index (χ1v) is 9.01. The van der Waals surface area contributed by atoms with Gasteiger partial charge in [0.1, 0.15) is 6.04 Å². The van der Waals surface area contributed by atoms with Crippen LogP contribution in [-0.2, 0) is 4.79 Å². The molecule has 4 rings (SSSR count). The normalized spacial score (nSPS) is 23.8. The van der Waals surface area contributed by atoms with E-state index in [1.54, 1.807) is 12.1 Å². The number of ether oxygens (including phenoxy) is 2. The molecule has 7 nitrogen and oxygen atoms in total. The molecule has 1 spiro atoms. The van der Waals surface area contributed by atoms with Crippen molar-refractivity contribution in [2.24, 2.45) is 0 Å². The Balaban J connectivity index is 1.39. The molecule has 3 N–H and O–H groups in total. The predicted octanol–water partition coefficient (Wildman–Crippen LogP) is 2.52. The first-order valence-electron chi connectivity index (χ1n) is 9.01. The van der Waals surface area contributed by atoms with Gasteiger partial charge in [-0.25, -0.2) is 4.79 Å². The van der Waals surface area contributed by atoms with Crippen molar-refractivity contribution < 1.29 is 19.1 Å². The van der Waals surface area contributed by atoms with Crippen LogP contribution in [0.25, 0.3) is 0 Å². The molecule has 25 heavy (non-hydrogen) atoms. The number of fused-ring (bicyclic) bond motifs is 1. The average Bonchev–Trinajstić information content (AvgIpc) is 2.94. The molecule has 1 unspecified atom stereocenters. The summed E-state index contributed by atoms with van der Waals surface area (Å²) in [4.78, 5) is 23.9. The summed E-state index contributed by atoms with van der Waals surface area (Å²) >= 11 is 0. The number of piperidine rings is 1. The lowest BCUT2D eigenvalue weighted by molar-refractivity contribution is -0.124. The number of amides is 3. The highest BCUT2D eigenvalue weighted by Crippen LogP contribution is 2.46. The van der Waals surface area contributed by atoms with Crippen LogP contribution < -0.4 is 25.4 Å². The number of benzene rings is 1. The van der Waals surface area contributed by atoms with E-state index in [1.807, 2.05) is 6.07 Å². The lowest BCUT2D eigenvalue weighted by atomic mass is 9.94. The zero-order chi connectivity index (χ0) is 17.3. The van der Waals surface area contributed by atoms with E-state index < -0.39 is 17.9 Å². The third-order valence-corrected chi connectivity index (χ3v) is 5.00. The summed E-state index contributed by atoms with van der Waals surface area (Å²) in [5.74, 6) is 0.725. The Morgan fingerprint density at radius 3 is 2.72 bits per heavy atom. The zero-order valence-corrected chi connectivity index (χ0v) is 14.1. The van der Waals surface area contributed by atoms with Gasteiger partial charge in [0.2, 0.25) is 5.91 Å². The SMILES string of the molecule is O=C(Nc1ccc2c(c1)OC1(CCCCC1)O2)NC1CCCNC1=O. The number of hydrogen-bond acceptors (Lipinski definition) is 4. The van der Waals surface area contributed by atoms with Gasteiger partial charge in [-0.2, -0.15) is 0 Å². The van der Waals surface area contributed by atoms with Gasteiger partial charge in [-0.1, -0.05) is 6.42 Å². The average molecular weight is 345 g/mol. The second-order valence-electron chi connectivity index (χ2n) is 6.92. The Morgan fingerprint density at radius 2 is 1.92 bits per heavy atom. The number of hydrogen-bond donors (Lipinski definition) is 3. The molecule has 1 saturated carbocycles. The van der Waals surface area contributed by atoms with E-state index in [4.69, 9.17) is 9.47 Å². The minimum atomic E-state index is -0.526. The Kier molecular flexibility index (Phi) is 4.15. The van der Waals surface area contributed by atoms with E-state index in [-0.39, 0.29) is 5.91 Å². The topological polar surface area (TPSA) is 88.7 Å². The summed E-state index contributed by atoms with van der Waals surface area (Å²) in [6.07, 6.45) is 6.72. The van der Waals surface area contributed by atoms with Crippen LogP contribution in [0.15, 0.2) is 18.2 Å². The summed E-state index contributed by atoms with van der Waals surface area (Å²) in [6, 6.07) is 4.51. The van der Waals surface area contributed by atoms with Crippen LogP contribution in [0.3, 0.4) is 0 Å². The van der Waals surface area contributed by atoms with E-state index >= 15 is 0 Å². The second kappa shape index (κ2) is 6.46. The molecule has 3 aliphatic rings. The summed E-state index contributed by atoms with van der Waals surface area (Å²) in [7, 11) is 0. The van der Waals surface area contributed by atoms with Gasteiger partial charge in [-0.05, 0) is 37.8 Å². The highest BCUT2D eigenvalue weighted by molar-refractivity contribution is 5.94. The fraction of sp³-hybridized carbons (Fsp3) is 0.556. The second-order valence-corrected chi connectivity index (χ2v) is 6.92. The fourth-order valence-electron chi connectivity index (χ4n) is 3.70. The summed E-state index contributed by atoms with van der Waals surface area (Å²) in [5, 5.41) is 8.22. The van der Waals surface area contributed by atoms with Crippen molar-refractivity contribution in [3.05, 3.63) is 18.2 Å². The van der Waals surface area contributed by atoms with Crippen LogP contribution >= 0.6 is 0 Å². The van der Waals surface area contributed by atoms with Crippen molar-refractivity contribution in [3.63, 3.8) is 0 Å². The molecule has 1 aromatic rings. The van der Waals surface area contributed by atoms with Crippen molar-refractivity contribution >= 4 is 17.6 Å². The molecule has 2 aliphatic heterocycles. The third kappa shape index (κ3) is 3.36. The molecular formula is C18H23N3O4. The number of anilines is 1. The summed E-state index contributed by atoms with van der Waals surface area (Å²) in [6.45, 7) is 0.669. The molecule has 2 fully saturated rings. The Morgan fingerprint density at radius 1 is 1.12 bits per heavy atom. The van der Waals surface area contributed by atoms with E-state index in [0.717, 1.165) is 37.9 Å². The number of urea groups is 1. The molecular weight excluding hydrogens is 322 g/mol. The maximum Gasteiger partial charge on any atom is 0.319 e. The Bertz CT molecular complexity index is 685. The Labute approximate surface area is 146 Å². The largest absolute Gasteiger partial charge is 0.448 e. The van der Waals surface area contributed by atoms with Crippen LogP contribution in [-0.4, -0.2) is 30.3 Å². The highest BCUT2D eigenvalue weighted by Gasteiger charge is 2.42. The van der Waals surface area contributed by atoms with Gasteiger partial charge in [-0.3, -0.25) is 4.79 Å². The highest BCUT2D eigenvalue weighted by atomic mass is 16.7. The molecule has 0 radical (unpaired) electrons. The van der Waals surface area contributed by atoms with Gasteiger partial charge in [0.25, 0.3) is 5.79 Å². The molecule has 3 amide bonds. The summed E-state index contributed by atoms with van der Waals surface area (Å²) < 4.78 is 12.1. The zero-order valence-electron chi connectivity index (χ0n) is 14.1. The molecule has 134 valence electrons. The van der Waals surface area contributed by atoms with Crippen LogP contribution in [0.1, 0.15) is 44.9 Å². The van der Waals surface area contributed by atoms with E-state index in [0.29, 0.717) is 24.4 Å². The summed E-state index contributed by atoms with van der Waals surface area (Å²) in [5.41, 5.74) is 0.615. The van der Waals surface area contributed by atoms with Crippen molar-refractivity contribution in [3.8, 4) is 11.5 Å². The molecule has 1 aromatic carbocycles. The van der Waals surface area contributed by atoms with Gasteiger partial charge in [-0.15, -0.1) is 0 Å². The Hall–Kier alpha value is -2.44. The molecule has 1 atom stereocenters. The van der Waals surface area contributed by atoms with Gasteiger partial charge in [0, 0.05) is 31.1 Å². The van der Waals surface area contributed by atoms with Gasteiger partial charge >= 0.3 is 6.03 Å². The van der Waals surface area contributed by atoms with Crippen molar-refractivity contribution in [2.45, 2.75) is 56.8 Å².